The molecule has 4 aromatic rings. The van der Waals surface area contributed by atoms with Gasteiger partial charge >= 0.3 is 0 Å². The van der Waals surface area contributed by atoms with Gasteiger partial charge in [-0.25, -0.2) is 0 Å². The minimum Gasteiger partial charge on any atom is -0.494 e. The molecule has 0 saturated carbocycles. The summed E-state index contributed by atoms with van der Waals surface area (Å²) in [6, 6.07) is 17.0. The van der Waals surface area contributed by atoms with E-state index >= 15 is 0 Å². The van der Waals surface area contributed by atoms with Crippen LogP contribution in [0.2, 0.25) is 0 Å². The molecule has 6 heteroatoms. The molecule has 0 atom stereocenters. The molecule has 0 fully saturated rings. The summed E-state index contributed by atoms with van der Waals surface area (Å²) in [5.74, 6) is 0.913. The Bertz CT molecular complexity index is 1260. The van der Waals surface area contributed by atoms with Crippen LogP contribution in [0.4, 0.5) is 5.69 Å². The summed E-state index contributed by atoms with van der Waals surface area (Å²) < 4.78 is 16.6. The molecule has 29 heavy (non-hydrogen) atoms. The first-order valence-corrected chi connectivity index (χ1v) is 9.18. The van der Waals surface area contributed by atoms with E-state index in [9.17, 15) is 9.59 Å². The Hall–Kier alpha value is -3.80. The van der Waals surface area contributed by atoms with Crippen LogP contribution in [-0.2, 0) is 0 Å². The Morgan fingerprint density at radius 1 is 1.03 bits per heavy atom. The number of ether oxygens (including phenoxy) is 2. The van der Waals surface area contributed by atoms with Crippen LogP contribution in [0.15, 0.2) is 69.9 Å². The van der Waals surface area contributed by atoms with Crippen LogP contribution in [0.5, 0.6) is 11.5 Å². The van der Waals surface area contributed by atoms with Crippen LogP contribution in [0.1, 0.15) is 17.3 Å². The Labute approximate surface area is 166 Å². The lowest BCUT2D eigenvalue weighted by atomic mass is 10.1. The fraction of sp³-hybridized carbons (Fsp3) is 0.130. The van der Waals surface area contributed by atoms with Crippen LogP contribution in [0.25, 0.3) is 21.9 Å². The van der Waals surface area contributed by atoms with Gasteiger partial charge in [-0.15, -0.1) is 0 Å². The number of hydrogen-bond donors (Lipinski definition) is 1. The van der Waals surface area contributed by atoms with Crippen LogP contribution in [-0.4, -0.2) is 19.6 Å². The number of methoxy groups -OCH3 is 1. The van der Waals surface area contributed by atoms with E-state index in [1.165, 1.54) is 7.11 Å². The van der Waals surface area contributed by atoms with Crippen LogP contribution >= 0.6 is 0 Å². The lowest BCUT2D eigenvalue weighted by Gasteiger charge is -2.09. The fourth-order valence-electron chi connectivity index (χ4n) is 3.16. The smallest absolute Gasteiger partial charge is 0.255 e. The molecule has 1 amide bonds. The molecule has 0 bridgehead atoms. The highest BCUT2D eigenvalue weighted by atomic mass is 16.5. The summed E-state index contributed by atoms with van der Waals surface area (Å²) in [5, 5.41) is 3.71. The minimum atomic E-state index is -0.270. The van der Waals surface area contributed by atoms with Gasteiger partial charge in [-0.2, -0.15) is 0 Å². The molecule has 1 aromatic heterocycles. The topological polar surface area (TPSA) is 77.8 Å². The van der Waals surface area contributed by atoms with E-state index in [4.69, 9.17) is 13.9 Å². The molecule has 0 aliphatic rings. The van der Waals surface area contributed by atoms with Gasteiger partial charge in [-0.05, 0) is 55.5 Å². The summed E-state index contributed by atoms with van der Waals surface area (Å²) in [4.78, 5) is 25.3. The van der Waals surface area contributed by atoms with Crippen molar-refractivity contribution in [2.45, 2.75) is 6.92 Å². The highest BCUT2D eigenvalue weighted by Gasteiger charge is 2.13. The second-order valence-electron chi connectivity index (χ2n) is 6.39. The predicted molar refractivity (Wildman–Crippen MR) is 112 cm³/mol. The van der Waals surface area contributed by atoms with E-state index < -0.39 is 0 Å². The molecule has 6 nitrogen and oxygen atoms in total. The van der Waals surface area contributed by atoms with Crippen molar-refractivity contribution in [3.8, 4) is 11.5 Å². The van der Waals surface area contributed by atoms with Crippen LogP contribution < -0.4 is 20.2 Å². The Morgan fingerprint density at radius 3 is 2.55 bits per heavy atom. The average Bonchev–Trinajstić information content (AvgIpc) is 2.74. The minimum absolute atomic E-state index is 0.149. The lowest BCUT2D eigenvalue weighted by molar-refractivity contribution is 0.102. The quantitative estimate of drug-likeness (QED) is 0.505. The SMILES string of the molecule is CCOc1ccc(C(=O)Nc2ccc3c(=O)c4cccc(OC)c4oc3c2)cc1. The number of carbonyl (C=O) groups excluding carboxylic acids is 1. The van der Waals surface area contributed by atoms with Crippen molar-refractivity contribution in [2.24, 2.45) is 0 Å². The van der Waals surface area contributed by atoms with E-state index in [2.05, 4.69) is 5.32 Å². The molecule has 0 aliphatic heterocycles. The first-order chi connectivity index (χ1) is 14.1. The molecule has 0 unspecified atom stereocenters. The van der Waals surface area contributed by atoms with E-state index in [-0.39, 0.29) is 11.3 Å². The van der Waals surface area contributed by atoms with E-state index in [1.807, 2.05) is 6.92 Å². The summed E-state index contributed by atoms with van der Waals surface area (Å²) in [5.41, 5.74) is 1.62. The summed E-state index contributed by atoms with van der Waals surface area (Å²) >= 11 is 0. The molecular weight excluding hydrogens is 370 g/mol. The molecule has 0 radical (unpaired) electrons. The maximum absolute atomic E-state index is 12.8. The van der Waals surface area contributed by atoms with Crippen molar-refractivity contribution < 1.29 is 18.7 Å². The van der Waals surface area contributed by atoms with Gasteiger partial charge in [0.05, 0.1) is 24.5 Å². The third-order valence-electron chi connectivity index (χ3n) is 4.57. The molecule has 4 rings (SSSR count). The number of carbonyl (C=O) groups is 1. The summed E-state index contributed by atoms with van der Waals surface area (Å²) in [6.45, 7) is 2.46. The average molecular weight is 389 g/mol. The normalized spacial score (nSPS) is 10.8. The third kappa shape index (κ3) is 3.52. The Kier molecular flexibility index (Phi) is 4.91. The van der Waals surface area contributed by atoms with Crippen LogP contribution in [0.3, 0.4) is 0 Å². The number of para-hydroxylation sites is 1. The number of nitrogens with one attached hydrogen (secondary N) is 1. The van der Waals surface area contributed by atoms with Gasteiger partial charge in [0, 0.05) is 17.3 Å². The Balaban J connectivity index is 1.68. The van der Waals surface area contributed by atoms with E-state index in [1.54, 1.807) is 60.7 Å². The predicted octanol–water partition coefficient (Wildman–Crippen LogP) is 4.61. The van der Waals surface area contributed by atoms with Crippen molar-refractivity contribution in [2.75, 3.05) is 19.0 Å². The molecule has 0 aliphatic carbocycles. The van der Waals surface area contributed by atoms with E-state index in [0.717, 1.165) is 0 Å². The molecule has 1 heterocycles. The fourth-order valence-corrected chi connectivity index (χ4v) is 3.16. The zero-order chi connectivity index (χ0) is 20.4. The van der Waals surface area contributed by atoms with Crippen LogP contribution in [0, 0.1) is 0 Å². The maximum Gasteiger partial charge on any atom is 0.255 e. The van der Waals surface area contributed by atoms with Gasteiger partial charge in [0.25, 0.3) is 5.91 Å². The van der Waals surface area contributed by atoms with Gasteiger partial charge in [-0.1, -0.05) is 6.07 Å². The highest BCUT2D eigenvalue weighted by Crippen LogP contribution is 2.28. The number of amides is 1. The van der Waals surface area contributed by atoms with E-state index in [0.29, 0.717) is 51.3 Å². The summed E-state index contributed by atoms with van der Waals surface area (Å²) in [7, 11) is 1.52. The molecule has 0 spiro atoms. The zero-order valence-corrected chi connectivity index (χ0v) is 16.0. The first kappa shape index (κ1) is 18.6. The highest BCUT2D eigenvalue weighted by molar-refractivity contribution is 6.05. The summed E-state index contributed by atoms with van der Waals surface area (Å²) in [6.07, 6.45) is 0. The van der Waals surface area contributed by atoms with Crippen molar-refractivity contribution in [1.29, 1.82) is 0 Å². The zero-order valence-electron chi connectivity index (χ0n) is 16.0. The first-order valence-electron chi connectivity index (χ1n) is 9.18. The number of anilines is 1. The molecule has 0 saturated heterocycles. The molecule has 3 aromatic carbocycles. The van der Waals surface area contributed by atoms with Crippen molar-refractivity contribution in [3.63, 3.8) is 0 Å². The van der Waals surface area contributed by atoms with Gasteiger partial charge in [0.15, 0.2) is 11.3 Å². The number of hydrogen-bond acceptors (Lipinski definition) is 5. The number of rotatable bonds is 5. The second kappa shape index (κ2) is 7.67. The third-order valence-corrected chi connectivity index (χ3v) is 4.57. The second-order valence-corrected chi connectivity index (χ2v) is 6.39. The van der Waals surface area contributed by atoms with Gasteiger partial charge in [0.2, 0.25) is 5.43 Å². The molecule has 146 valence electrons. The van der Waals surface area contributed by atoms with Crippen molar-refractivity contribution in [3.05, 3.63) is 76.5 Å². The monoisotopic (exact) mass is 389 g/mol. The van der Waals surface area contributed by atoms with Gasteiger partial charge in [0.1, 0.15) is 11.3 Å². The van der Waals surface area contributed by atoms with Gasteiger partial charge in [-0.3, -0.25) is 9.59 Å². The molecular formula is C23H19NO5. The lowest BCUT2D eigenvalue weighted by Crippen LogP contribution is -2.12. The van der Waals surface area contributed by atoms with Gasteiger partial charge < -0.3 is 19.2 Å². The number of fused-ring (bicyclic) bond motifs is 2. The standard InChI is InChI=1S/C23H19NO5/c1-3-28-16-10-7-14(8-11-16)23(26)24-15-9-12-17-20(13-15)29-22-18(21(17)25)5-4-6-19(22)27-2/h4-13H,3H2,1-2H3,(H,24,26). The maximum atomic E-state index is 12.8. The van der Waals surface area contributed by atoms with Crippen molar-refractivity contribution in [1.82, 2.24) is 0 Å². The van der Waals surface area contributed by atoms with Crippen molar-refractivity contribution >= 4 is 33.5 Å². The largest absolute Gasteiger partial charge is 0.494 e. The molecule has 1 N–H and O–H groups in total. The number of benzene rings is 3. The Morgan fingerprint density at radius 2 is 1.83 bits per heavy atom.